The van der Waals surface area contributed by atoms with Crippen molar-refractivity contribution >= 4 is 34.2 Å². The van der Waals surface area contributed by atoms with Crippen LogP contribution in [-0.4, -0.2) is 68.8 Å². The molecule has 3 aromatic rings. The molecular weight excluding hydrogens is 478 g/mol. The number of nitrogens with zero attached hydrogens (tertiary/aromatic N) is 7. The highest BCUT2D eigenvalue weighted by Crippen LogP contribution is 2.27. The molecule has 10 heteroatoms. The molecule has 0 radical (unpaired) electrons. The molecule has 10 nitrogen and oxygen atoms in total. The Balaban J connectivity index is 1.50. The molecule has 2 aliphatic heterocycles. The van der Waals surface area contributed by atoms with Crippen LogP contribution in [0.3, 0.4) is 0 Å². The maximum absolute atomic E-state index is 13.3. The van der Waals surface area contributed by atoms with Crippen LogP contribution < -0.4 is 21.5 Å². The zero-order valence-corrected chi connectivity index (χ0v) is 22.7. The van der Waals surface area contributed by atoms with Gasteiger partial charge in [-0.1, -0.05) is 12.2 Å². The minimum absolute atomic E-state index is 0.176. The number of benzene rings is 1. The fourth-order valence-corrected chi connectivity index (χ4v) is 5.04. The standard InChI is InChI=1S/C28H37N9O/c1-6-12-36-26(38)21-18-30-27(33-25(21)37(36)24-9-7-8-23(32-24)28(3,4)29)31-20-10-11-22(19(2)17-20)35-15-13-34(5)14-16-35/h6,8,10-11,17-18H,1,7,9,12-16,29H2,2-5H3,(H,30,31,33). The summed E-state index contributed by atoms with van der Waals surface area (Å²) in [4.78, 5) is 32.2. The number of nitrogens with one attached hydrogen (secondary N) is 1. The third kappa shape index (κ3) is 5.01. The molecule has 0 spiro atoms. The maximum Gasteiger partial charge on any atom is 0.278 e. The molecule has 1 saturated heterocycles. The van der Waals surface area contributed by atoms with E-state index in [1.54, 1.807) is 21.6 Å². The predicted octanol–water partition coefficient (Wildman–Crippen LogP) is 3.24. The van der Waals surface area contributed by atoms with E-state index in [9.17, 15) is 4.79 Å². The minimum atomic E-state index is -0.589. The molecule has 1 aromatic carbocycles. The molecule has 5 rings (SSSR count). The number of allylic oxidation sites excluding steroid dienone is 2. The van der Waals surface area contributed by atoms with Crippen LogP contribution in [0.4, 0.5) is 17.3 Å². The van der Waals surface area contributed by atoms with E-state index in [2.05, 4.69) is 64.9 Å². The van der Waals surface area contributed by atoms with Gasteiger partial charge in [-0.25, -0.2) is 19.3 Å². The van der Waals surface area contributed by atoms with Crippen molar-refractivity contribution in [2.45, 2.75) is 45.7 Å². The van der Waals surface area contributed by atoms with Crippen molar-refractivity contribution in [3.63, 3.8) is 0 Å². The van der Waals surface area contributed by atoms with Crippen LogP contribution in [0.15, 0.2) is 58.6 Å². The maximum atomic E-state index is 13.3. The Bertz CT molecular complexity index is 1480. The Hall–Kier alpha value is -3.76. The topological polar surface area (TPSA) is 110 Å². The molecule has 0 saturated carbocycles. The molecule has 1 fully saturated rings. The smallest absolute Gasteiger partial charge is 0.278 e. The fraction of sp³-hybridized carbons (Fsp3) is 0.429. The lowest BCUT2D eigenvalue weighted by atomic mass is 9.99. The molecule has 38 heavy (non-hydrogen) atoms. The number of rotatable bonds is 6. The molecule has 2 aliphatic rings. The Morgan fingerprint density at radius 2 is 1.97 bits per heavy atom. The van der Waals surface area contributed by atoms with Crippen molar-refractivity contribution in [3.05, 3.63) is 64.7 Å². The van der Waals surface area contributed by atoms with Crippen LogP contribution >= 0.6 is 0 Å². The number of likely N-dealkylation sites (N-methyl/N-ethyl adjacent to an activating group) is 1. The van der Waals surface area contributed by atoms with E-state index < -0.39 is 5.54 Å². The second kappa shape index (κ2) is 10.2. The van der Waals surface area contributed by atoms with Gasteiger partial charge in [-0.05, 0) is 58.0 Å². The number of fused-ring (bicyclic) bond motifs is 1. The van der Waals surface area contributed by atoms with Crippen molar-refractivity contribution in [3.8, 4) is 0 Å². The summed E-state index contributed by atoms with van der Waals surface area (Å²) in [5.41, 5.74) is 10.2. The Morgan fingerprint density at radius 1 is 1.21 bits per heavy atom. The summed E-state index contributed by atoms with van der Waals surface area (Å²) < 4.78 is 3.41. The van der Waals surface area contributed by atoms with Gasteiger partial charge in [0.25, 0.3) is 5.56 Å². The first kappa shape index (κ1) is 25.9. The van der Waals surface area contributed by atoms with E-state index >= 15 is 0 Å². The average Bonchev–Trinajstić information content (AvgIpc) is 3.15. The summed E-state index contributed by atoms with van der Waals surface area (Å²) in [5.74, 6) is 1.15. The normalized spacial score (nSPS) is 16.9. The quantitative estimate of drug-likeness (QED) is 0.485. The lowest BCUT2D eigenvalue weighted by Crippen LogP contribution is -2.44. The van der Waals surface area contributed by atoms with Crippen LogP contribution in [0.5, 0.6) is 0 Å². The molecule has 0 unspecified atom stereocenters. The number of hydrogen-bond donors (Lipinski definition) is 2. The summed E-state index contributed by atoms with van der Waals surface area (Å²) in [6.07, 6.45) is 6.79. The van der Waals surface area contributed by atoms with Gasteiger partial charge in [-0.3, -0.25) is 4.79 Å². The van der Waals surface area contributed by atoms with Crippen molar-refractivity contribution in [1.82, 2.24) is 24.2 Å². The monoisotopic (exact) mass is 515 g/mol. The number of aliphatic imine (C=N–C) groups is 1. The highest BCUT2D eigenvalue weighted by molar-refractivity contribution is 5.93. The molecule has 4 heterocycles. The summed E-state index contributed by atoms with van der Waals surface area (Å²) in [6.45, 7) is 14.3. The number of anilines is 3. The van der Waals surface area contributed by atoms with Gasteiger partial charge in [0.1, 0.15) is 11.2 Å². The molecular formula is C28H37N9O. The first-order valence-electron chi connectivity index (χ1n) is 13.1. The van der Waals surface area contributed by atoms with Crippen LogP contribution in [0.2, 0.25) is 0 Å². The van der Waals surface area contributed by atoms with E-state index in [1.807, 2.05) is 13.8 Å². The van der Waals surface area contributed by atoms with Gasteiger partial charge in [0.2, 0.25) is 5.95 Å². The minimum Gasteiger partial charge on any atom is -0.369 e. The molecule has 0 bridgehead atoms. The number of aryl methyl sites for hydroxylation is 1. The highest BCUT2D eigenvalue weighted by Gasteiger charge is 2.25. The van der Waals surface area contributed by atoms with Crippen LogP contribution in [0.1, 0.15) is 32.3 Å². The summed E-state index contributed by atoms with van der Waals surface area (Å²) in [6, 6.07) is 6.32. The molecule has 3 N–H and O–H groups in total. The Labute approximate surface area is 223 Å². The second-order valence-corrected chi connectivity index (χ2v) is 10.7. The average molecular weight is 516 g/mol. The predicted molar refractivity (Wildman–Crippen MR) is 155 cm³/mol. The van der Waals surface area contributed by atoms with Gasteiger partial charge >= 0.3 is 0 Å². The highest BCUT2D eigenvalue weighted by atomic mass is 16.1. The van der Waals surface area contributed by atoms with Gasteiger partial charge in [0.15, 0.2) is 5.65 Å². The number of hydrogen-bond acceptors (Lipinski definition) is 8. The molecule has 200 valence electrons. The third-order valence-corrected chi connectivity index (χ3v) is 7.13. The summed E-state index contributed by atoms with van der Waals surface area (Å²) in [7, 11) is 2.16. The largest absolute Gasteiger partial charge is 0.369 e. The van der Waals surface area contributed by atoms with E-state index in [0.717, 1.165) is 49.8 Å². The Morgan fingerprint density at radius 3 is 2.66 bits per heavy atom. The van der Waals surface area contributed by atoms with Crippen molar-refractivity contribution < 1.29 is 0 Å². The fourth-order valence-electron chi connectivity index (χ4n) is 5.04. The first-order chi connectivity index (χ1) is 18.2. The van der Waals surface area contributed by atoms with Gasteiger partial charge in [-0.15, -0.1) is 6.58 Å². The zero-order chi connectivity index (χ0) is 27.0. The van der Waals surface area contributed by atoms with Crippen molar-refractivity contribution in [2.24, 2.45) is 10.7 Å². The number of piperazine rings is 1. The lowest BCUT2D eigenvalue weighted by molar-refractivity contribution is 0.312. The molecule has 0 amide bonds. The third-order valence-electron chi connectivity index (χ3n) is 7.13. The number of aromatic nitrogens is 4. The Kier molecular flexibility index (Phi) is 6.93. The van der Waals surface area contributed by atoms with Crippen molar-refractivity contribution in [2.75, 3.05) is 43.4 Å². The van der Waals surface area contributed by atoms with Crippen LogP contribution in [-0.2, 0) is 6.54 Å². The molecule has 2 aromatic heterocycles. The van der Waals surface area contributed by atoms with Gasteiger partial charge in [0.05, 0.1) is 17.8 Å². The second-order valence-electron chi connectivity index (χ2n) is 10.7. The summed E-state index contributed by atoms with van der Waals surface area (Å²) in [5, 5.41) is 3.77. The lowest BCUT2D eigenvalue weighted by Gasteiger charge is -2.35. The first-order valence-corrected chi connectivity index (χ1v) is 13.1. The van der Waals surface area contributed by atoms with Gasteiger partial charge in [0, 0.05) is 50.2 Å². The molecule has 0 aliphatic carbocycles. The van der Waals surface area contributed by atoms with Crippen molar-refractivity contribution in [1.29, 1.82) is 0 Å². The van der Waals surface area contributed by atoms with E-state index in [4.69, 9.17) is 15.7 Å². The molecule has 0 atom stereocenters. The SMILES string of the molecule is C=CCn1c(=O)c2cnc(Nc3ccc(N4CCN(C)CC4)c(C)c3)nc2n1C1=NC(C(C)(C)N)=CCC1. The van der Waals surface area contributed by atoms with E-state index in [1.165, 1.54) is 11.3 Å². The van der Waals surface area contributed by atoms with E-state index in [-0.39, 0.29) is 5.56 Å². The van der Waals surface area contributed by atoms with E-state index in [0.29, 0.717) is 29.9 Å². The van der Waals surface area contributed by atoms with Crippen LogP contribution in [0.25, 0.3) is 11.0 Å². The van der Waals surface area contributed by atoms with Gasteiger partial charge in [-0.2, -0.15) is 4.98 Å². The van der Waals surface area contributed by atoms with Gasteiger partial charge < -0.3 is 20.9 Å². The zero-order valence-electron chi connectivity index (χ0n) is 22.7. The number of nitrogens with two attached hydrogens (primary N) is 1. The van der Waals surface area contributed by atoms with Crippen LogP contribution in [0, 0.1) is 6.92 Å². The summed E-state index contributed by atoms with van der Waals surface area (Å²) >= 11 is 0.